The lowest BCUT2D eigenvalue weighted by Gasteiger charge is -2.13. The molecule has 31 heavy (non-hydrogen) atoms. The Morgan fingerprint density at radius 1 is 1.03 bits per heavy atom. The summed E-state index contributed by atoms with van der Waals surface area (Å²) in [5.41, 5.74) is 3.94. The molecular formula is C24H24N4O3. The van der Waals surface area contributed by atoms with Crippen LogP contribution < -0.4 is 10.1 Å². The molecule has 2 heterocycles. The van der Waals surface area contributed by atoms with Crippen molar-refractivity contribution in [3.8, 4) is 5.75 Å². The fraction of sp³-hybridized carbons (Fsp3) is 0.208. The van der Waals surface area contributed by atoms with E-state index in [9.17, 15) is 4.79 Å². The monoisotopic (exact) mass is 416 g/mol. The molecule has 0 bridgehead atoms. The first-order chi connectivity index (χ1) is 15.2. The van der Waals surface area contributed by atoms with Crippen LogP contribution in [0.1, 0.15) is 28.4 Å². The van der Waals surface area contributed by atoms with E-state index in [4.69, 9.17) is 9.47 Å². The fourth-order valence-electron chi connectivity index (χ4n) is 3.39. The highest BCUT2D eigenvalue weighted by Gasteiger charge is 2.19. The molecule has 0 atom stereocenters. The number of fused-ring (bicyclic) bond motifs is 1. The first kappa shape index (κ1) is 20.4. The van der Waals surface area contributed by atoms with Crippen LogP contribution in [0.25, 0.3) is 11.0 Å². The number of hydrogen-bond acceptors (Lipinski definition) is 6. The lowest BCUT2D eigenvalue weighted by atomic mass is 10.1. The van der Waals surface area contributed by atoms with Crippen molar-refractivity contribution in [1.29, 1.82) is 0 Å². The van der Waals surface area contributed by atoms with Crippen molar-refractivity contribution in [2.75, 3.05) is 19.0 Å². The summed E-state index contributed by atoms with van der Waals surface area (Å²) in [6.07, 6.45) is 3.29. The van der Waals surface area contributed by atoms with E-state index in [1.54, 1.807) is 26.4 Å². The molecule has 0 fully saturated rings. The molecule has 0 radical (unpaired) electrons. The van der Waals surface area contributed by atoms with Crippen molar-refractivity contribution in [2.24, 2.45) is 0 Å². The smallest absolute Gasteiger partial charge is 0.341 e. The number of rotatable bonds is 8. The van der Waals surface area contributed by atoms with Crippen LogP contribution >= 0.6 is 0 Å². The molecule has 0 aliphatic rings. The maximum atomic E-state index is 12.5. The van der Waals surface area contributed by atoms with Crippen LogP contribution in [0.5, 0.6) is 5.75 Å². The summed E-state index contributed by atoms with van der Waals surface area (Å²) in [4.78, 5) is 17.1. The lowest BCUT2D eigenvalue weighted by Crippen LogP contribution is -2.11. The van der Waals surface area contributed by atoms with Crippen molar-refractivity contribution < 1.29 is 14.3 Å². The van der Waals surface area contributed by atoms with Gasteiger partial charge in [-0.15, -0.1) is 0 Å². The van der Waals surface area contributed by atoms with E-state index in [-0.39, 0.29) is 0 Å². The molecule has 4 rings (SSSR count). The lowest BCUT2D eigenvalue weighted by molar-refractivity contribution is 0.0527. The van der Waals surface area contributed by atoms with E-state index in [0.29, 0.717) is 36.6 Å². The Morgan fingerprint density at radius 2 is 1.81 bits per heavy atom. The molecule has 0 saturated heterocycles. The first-order valence-electron chi connectivity index (χ1n) is 10.1. The summed E-state index contributed by atoms with van der Waals surface area (Å²) >= 11 is 0. The largest absolute Gasteiger partial charge is 0.497 e. The highest BCUT2D eigenvalue weighted by atomic mass is 16.5. The molecule has 4 aromatic rings. The van der Waals surface area contributed by atoms with Gasteiger partial charge in [0.1, 0.15) is 11.3 Å². The minimum absolute atomic E-state index is 0.297. The van der Waals surface area contributed by atoms with Gasteiger partial charge in [0, 0.05) is 12.7 Å². The van der Waals surface area contributed by atoms with Gasteiger partial charge in [-0.2, -0.15) is 5.10 Å². The zero-order valence-corrected chi connectivity index (χ0v) is 17.5. The van der Waals surface area contributed by atoms with Crippen LogP contribution in [0.3, 0.4) is 0 Å². The van der Waals surface area contributed by atoms with Gasteiger partial charge in [0.15, 0.2) is 5.65 Å². The van der Waals surface area contributed by atoms with Crippen LogP contribution in [0.4, 0.5) is 5.69 Å². The summed E-state index contributed by atoms with van der Waals surface area (Å²) in [6, 6.07) is 17.8. The number of carbonyl (C=O) groups is 1. The molecule has 0 spiro atoms. The quantitative estimate of drug-likeness (QED) is 0.432. The number of nitrogens with one attached hydrogen (secondary N) is 1. The number of pyridine rings is 1. The Bertz CT molecular complexity index is 1170. The van der Waals surface area contributed by atoms with E-state index in [1.165, 1.54) is 0 Å². The molecule has 2 aromatic heterocycles. The topological polar surface area (TPSA) is 78.3 Å². The van der Waals surface area contributed by atoms with Gasteiger partial charge >= 0.3 is 5.97 Å². The van der Waals surface area contributed by atoms with Gasteiger partial charge < -0.3 is 14.8 Å². The summed E-state index contributed by atoms with van der Waals surface area (Å²) in [5, 5.41) is 8.69. The predicted octanol–water partition coefficient (Wildman–Crippen LogP) is 4.28. The van der Waals surface area contributed by atoms with E-state index >= 15 is 0 Å². The Hall–Kier alpha value is -3.87. The second-order valence-corrected chi connectivity index (χ2v) is 6.99. The van der Waals surface area contributed by atoms with E-state index in [1.807, 2.05) is 59.3 Å². The Kier molecular flexibility index (Phi) is 6.12. The molecule has 1 N–H and O–H groups in total. The van der Waals surface area contributed by atoms with Crippen molar-refractivity contribution in [3.63, 3.8) is 0 Å². The Balaban J connectivity index is 1.68. The van der Waals surface area contributed by atoms with Gasteiger partial charge in [0.05, 0.1) is 37.5 Å². The molecular weight excluding hydrogens is 392 g/mol. The number of hydrogen-bond donors (Lipinski definition) is 1. The highest BCUT2D eigenvalue weighted by molar-refractivity contribution is 6.04. The van der Waals surface area contributed by atoms with Crippen LogP contribution in [0.15, 0.2) is 67.0 Å². The van der Waals surface area contributed by atoms with Gasteiger partial charge in [-0.25, -0.2) is 14.5 Å². The molecule has 0 saturated carbocycles. The van der Waals surface area contributed by atoms with Crippen LogP contribution in [0, 0.1) is 0 Å². The normalized spacial score (nSPS) is 10.8. The van der Waals surface area contributed by atoms with Crippen molar-refractivity contribution in [1.82, 2.24) is 14.8 Å². The number of nitrogens with zero attached hydrogens (tertiary/aromatic N) is 3. The second kappa shape index (κ2) is 9.30. The van der Waals surface area contributed by atoms with Crippen molar-refractivity contribution in [2.45, 2.75) is 20.0 Å². The number of anilines is 1. The number of ether oxygens (including phenoxy) is 2. The molecule has 2 aromatic carbocycles. The number of methoxy groups -OCH3 is 1. The molecule has 0 amide bonds. The number of benzene rings is 2. The molecule has 0 aliphatic carbocycles. The van der Waals surface area contributed by atoms with Crippen LogP contribution in [-0.4, -0.2) is 34.5 Å². The summed E-state index contributed by atoms with van der Waals surface area (Å²) in [7, 11) is 1.64. The highest BCUT2D eigenvalue weighted by Crippen LogP contribution is 2.28. The Morgan fingerprint density at radius 3 is 2.52 bits per heavy atom. The standard InChI is InChI=1S/C24H24N4O3/c1-3-31-24(29)21-14-26-23-20(22(21)25-13-17-7-5-4-6-8-17)15-27-28(23)16-18-9-11-19(30-2)12-10-18/h4-12,14-15H,3,13,16H2,1-2H3,(H,25,26). The number of aromatic nitrogens is 3. The Labute approximate surface area is 180 Å². The number of esters is 1. The summed E-state index contributed by atoms with van der Waals surface area (Å²) in [6.45, 7) is 3.20. The molecule has 7 heteroatoms. The first-order valence-corrected chi connectivity index (χ1v) is 10.1. The third kappa shape index (κ3) is 4.50. The van der Waals surface area contributed by atoms with Gasteiger partial charge in [0.25, 0.3) is 0 Å². The van der Waals surface area contributed by atoms with Crippen LogP contribution in [0.2, 0.25) is 0 Å². The summed E-state index contributed by atoms with van der Waals surface area (Å²) in [5.74, 6) is 0.397. The average molecular weight is 416 g/mol. The van der Waals surface area contributed by atoms with Gasteiger partial charge in [-0.3, -0.25) is 0 Å². The average Bonchev–Trinajstić information content (AvgIpc) is 3.21. The minimum atomic E-state index is -0.407. The zero-order chi connectivity index (χ0) is 21.6. The van der Waals surface area contributed by atoms with Gasteiger partial charge in [0.2, 0.25) is 0 Å². The molecule has 7 nitrogen and oxygen atoms in total. The molecule has 0 aliphatic heterocycles. The maximum absolute atomic E-state index is 12.5. The van der Waals surface area contributed by atoms with E-state index < -0.39 is 5.97 Å². The molecule has 158 valence electrons. The van der Waals surface area contributed by atoms with Crippen molar-refractivity contribution >= 4 is 22.7 Å². The van der Waals surface area contributed by atoms with Crippen LogP contribution in [-0.2, 0) is 17.8 Å². The van der Waals surface area contributed by atoms with Gasteiger partial charge in [-0.05, 0) is 30.2 Å². The van der Waals surface area contributed by atoms with E-state index in [0.717, 1.165) is 22.3 Å². The number of carbonyl (C=O) groups excluding carboxylic acids is 1. The summed E-state index contributed by atoms with van der Waals surface area (Å²) < 4.78 is 12.3. The maximum Gasteiger partial charge on any atom is 0.341 e. The third-order valence-corrected chi connectivity index (χ3v) is 4.97. The second-order valence-electron chi connectivity index (χ2n) is 6.99. The minimum Gasteiger partial charge on any atom is -0.497 e. The zero-order valence-electron chi connectivity index (χ0n) is 17.5. The molecule has 0 unspecified atom stereocenters. The SMILES string of the molecule is CCOC(=O)c1cnc2c(cnn2Cc2ccc(OC)cc2)c1NCc1ccccc1. The van der Waals surface area contributed by atoms with Gasteiger partial charge in [-0.1, -0.05) is 42.5 Å². The van der Waals surface area contributed by atoms with E-state index in [2.05, 4.69) is 15.4 Å². The fourth-order valence-corrected chi connectivity index (χ4v) is 3.39. The third-order valence-electron chi connectivity index (χ3n) is 4.97. The van der Waals surface area contributed by atoms with Crippen molar-refractivity contribution in [3.05, 3.63) is 83.7 Å². The predicted molar refractivity (Wildman–Crippen MR) is 119 cm³/mol.